The first kappa shape index (κ1) is 15.7. The summed E-state index contributed by atoms with van der Waals surface area (Å²) < 4.78 is 5.41. The highest BCUT2D eigenvalue weighted by atomic mass is 16.5. The molecule has 0 aromatic heterocycles. The average molecular weight is 241 g/mol. The fraction of sp³-hybridized carbons (Fsp3) is 0.615. The van der Waals surface area contributed by atoms with E-state index in [0.29, 0.717) is 13.0 Å². The van der Waals surface area contributed by atoms with Gasteiger partial charge in [-0.15, -0.1) is 0 Å². The van der Waals surface area contributed by atoms with Crippen LogP contribution in [0, 0.1) is 0 Å². The Balaban J connectivity index is 4.39. The number of ether oxygens (including phenoxy) is 1. The third-order valence-electron chi connectivity index (χ3n) is 2.34. The fourth-order valence-corrected chi connectivity index (χ4v) is 1.25. The highest BCUT2D eigenvalue weighted by Gasteiger charge is 2.12. The number of hydrogen-bond acceptors (Lipinski definition) is 3. The molecule has 1 atom stereocenters. The van der Waals surface area contributed by atoms with Gasteiger partial charge in [0.15, 0.2) is 0 Å². The van der Waals surface area contributed by atoms with Crippen molar-refractivity contribution < 1.29 is 14.6 Å². The van der Waals surface area contributed by atoms with Crippen LogP contribution in [0.2, 0.25) is 0 Å². The zero-order valence-electron chi connectivity index (χ0n) is 10.9. The van der Waals surface area contributed by atoms with Gasteiger partial charge in [-0.2, -0.15) is 0 Å². The number of allylic oxidation sites excluding steroid dienone is 3. The first-order chi connectivity index (χ1) is 8.01. The smallest absolute Gasteiger partial charge is 0.320 e. The number of hydrogen-bond donors (Lipinski definition) is 2. The van der Waals surface area contributed by atoms with Gasteiger partial charge in [-0.1, -0.05) is 25.5 Å². The second kappa shape index (κ2) is 8.82. The van der Waals surface area contributed by atoms with Crippen LogP contribution in [0.4, 0.5) is 0 Å². The molecule has 4 heteroatoms. The van der Waals surface area contributed by atoms with Gasteiger partial charge in [0.25, 0.3) is 0 Å². The summed E-state index contributed by atoms with van der Waals surface area (Å²) >= 11 is 0. The quantitative estimate of drug-likeness (QED) is 0.505. The normalized spacial score (nSPS) is 14.6. The van der Waals surface area contributed by atoms with Crippen molar-refractivity contribution in [2.24, 2.45) is 5.73 Å². The van der Waals surface area contributed by atoms with Crippen LogP contribution in [0.1, 0.15) is 40.0 Å². The Labute approximate surface area is 103 Å². The predicted molar refractivity (Wildman–Crippen MR) is 68.6 cm³/mol. The lowest BCUT2D eigenvalue weighted by Crippen LogP contribution is -2.30. The minimum atomic E-state index is -0.965. The van der Waals surface area contributed by atoms with Crippen LogP contribution in [-0.4, -0.2) is 23.7 Å². The topological polar surface area (TPSA) is 72.5 Å². The third-order valence-corrected chi connectivity index (χ3v) is 2.34. The molecule has 17 heavy (non-hydrogen) atoms. The van der Waals surface area contributed by atoms with Crippen LogP contribution in [-0.2, 0) is 9.53 Å². The van der Waals surface area contributed by atoms with Gasteiger partial charge in [0.05, 0.1) is 12.4 Å². The van der Waals surface area contributed by atoms with Gasteiger partial charge in [0, 0.05) is 0 Å². The van der Waals surface area contributed by atoms with Crippen molar-refractivity contribution in [2.45, 2.75) is 46.1 Å². The lowest BCUT2D eigenvalue weighted by Gasteiger charge is -2.08. The molecule has 0 rings (SSSR count). The molecule has 0 spiro atoms. The molecule has 0 aliphatic heterocycles. The molecule has 0 heterocycles. The van der Waals surface area contributed by atoms with Gasteiger partial charge in [-0.25, -0.2) is 0 Å². The lowest BCUT2D eigenvalue weighted by molar-refractivity contribution is -0.138. The maximum atomic E-state index is 10.6. The molecule has 0 radical (unpaired) electrons. The van der Waals surface area contributed by atoms with E-state index in [1.165, 1.54) is 0 Å². The SMILES string of the molecule is CCCO/C(C)=C/C=C(\CC)CC(N)C(=O)O. The van der Waals surface area contributed by atoms with Crippen LogP contribution in [0.15, 0.2) is 23.5 Å². The first-order valence-electron chi connectivity index (χ1n) is 5.98. The van der Waals surface area contributed by atoms with Crippen LogP contribution in [0.3, 0.4) is 0 Å². The summed E-state index contributed by atoms with van der Waals surface area (Å²) in [4.78, 5) is 10.6. The van der Waals surface area contributed by atoms with Gasteiger partial charge >= 0.3 is 5.97 Å². The van der Waals surface area contributed by atoms with E-state index in [9.17, 15) is 4.79 Å². The summed E-state index contributed by atoms with van der Waals surface area (Å²) in [6.45, 7) is 6.62. The van der Waals surface area contributed by atoms with E-state index in [1.807, 2.05) is 32.9 Å². The number of aliphatic carboxylic acids is 1. The molecule has 0 saturated heterocycles. The monoisotopic (exact) mass is 241 g/mol. The van der Waals surface area contributed by atoms with Gasteiger partial charge in [0.2, 0.25) is 0 Å². The minimum Gasteiger partial charge on any atom is -0.498 e. The van der Waals surface area contributed by atoms with Crippen LogP contribution >= 0.6 is 0 Å². The van der Waals surface area contributed by atoms with Gasteiger partial charge in [0.1, 0.15) is 6.04 Å². The molecule has 0 amide bonds. The molecular weight excluding hydrogens is 218 g/mol. The third kappa shape index (κ3) is 7.58. The first-order valence-corrected chi connectivity index (χ1v) is 5.98. The summed E-state index contributed by atoms with van der Waals surface area (Å²) in [5.41, 5.74) is 6.50. The molecule has 0 bridgehead atoms. The maximum Gasteiger partial charge on any atom is 0.320 e. The highest BCUT2D eigenvalue weighted by molar-refractivity contribution is 5.73. The molecule has 0 fully saturated rings. The summed E-state index contributed by atoms with van der Waals surface area (Å²) in [6.07, 6.45) is 5.90. The molecule has 3 N–H and O–H groups in total. The zero-order valence-corrected chi connectivity index (χ0v) is 10.9. The van der Waals surface area contributed by atoms with Crippen molar-refractivity contribution >= 4 is 5.97 Å². The Morgan fingerprint density at radius 1 is 1.41 bits per heavy atom. The van der Waals surface area contributed by atoms with E-state index in [0.717, 1.165) is 24.2 Å². The largest absolute Gasteiger partial charge is 0.498 e. The fourth-order valence-electron chi connectivity index (χ4n) is 1.25. The Kier molecular flexibility index (Phi) is 8.15. The zero-order chi connectivity index (χ0) is 13.3. The molecule has 0 saturated carbocycles. The number of nitrogens with two attached hydrogens (primary N) is 1. The second-order valence-corrected chi connectivity index (χ2v) is 3.95. The number of carboxylic acids is 1. The van der Waals surface area contributed by atoms with Gasteiger partial charge < -0.3 is 15.6 Å². The molecule has 0 aliphatic rings. The van der Waals surface area contributed by atoms with Gasteiger partial charge in [-0.3, -0.25) is 4.79 Å². The van der Waals surface area contributed by atoms with E-state index in [4.69, 9.17) is 15.6 Å². The number of carbonyl (C=O) groups is 1. The Hall–Kier alpha value is -1.29. The minimum absolute atomic E-state index is 0.378. The average Bonchev–Trinajstić information content (AvgIpc) is 2.31. The van der Waals surface area contributed by atoms with Crippen molar-refractivity contribution in [3.63, 3.8) is 0 Å². The van der Waals surface area contributed by atoms with E-state index in [2.05, 4.69) is 0 Å². The Morgan fingerprint density at radius 3 is 2.53 bits per heavy atom. The van der Waals surface area contributed by atoms with Crippen molar-refractivity contribution in [1.82, 2.24) is 0 Å². The summed E-state index contributed by atoms with van der Waals surface area (Å²) in [6, 6.07) is -0.827. The molecule has 0 aromatic rings. The van der Waals surface area contributed by atoms with Crippen LogP contribution < -0.4 is 5.73 Å². The molecule has 0 aliphatic carbocycles. The molecular formula is C13H23NO3. The van der Waals surface area contributed by atoms with Crippen LogP contribution in [0.5, 0.6) is 0 Å². The van der Waals surface area contributed by atoms with Gasteiger partial charge in [-0.05, 0) is 32.3 Å². The summed E-state index contributed by atoms with van der Waals surface area (Å²) in [5, 5.41) is 8.73. The Morgan fingerprint density at radius 2 is 2.06 bits per heavy atom. The van der Waals surface area contributed by atoms with E-state index < -0.39 is 12.0 Å². The van der Waals surface area contributed by atoms with Crippen molar-refractivity contribution in [3.8, 4) is 0 Å². The second-order valence-electron chi connectivity index (χ2n) is 3.95. The van der Waals surface area contributed by atoms with Crippen molar-refractivity contribution in [3.05, 3.63) is 23.5 Å². The molecule has 98 valence electrons. The summed E-state index contributed by atoms with van der Waals surface area (Å²) in [7, 11) is 0. The highest BCUT2D eigenvalue weighted by Crippen LogP contribution is 2.10. The van der Waals surface area contributed by atoms with Crippen molar-refractivity contribution in [1.29, 1.82) is 0 Å². The molecule has 1 unspecified atom stereocenters. The predicted octanol–water partition coefficient (Wildman–Crippen LogP) is 2.46. The van der Waals surface area contributed by atoms with Crippen LogP contribution in [0.25, 0.3) is 0 Å². The standard InChI is InChI=1S/C13H23NO3/c1-4-8-17-10(3)6-7-11(5-2)9-12(14)13(15)16/h6-7,12H,4-5,8-9,14H2,1-3H3,(H,15,16)/b10-6+,11-7+. The van der Waals surface area contributed by atoms with E-state index >= 15 is 0 Å². The lowest BCUT2D eigenvalue weighted by atomic mass is 10.0. The summed E-state index contributed by atoms with van der Waals surface area (Å²) in [5.74, 6) is -0.131. The van der Waals surface area contributed by atoms with Crippen molar-refractivity contribution in [2.75, 3.05) is 6.61 Å². The van der Waals surface area contributed by atoms with E-state index in [1.54, 1.807) is 0 Å². The molecule has 4 nitrogen and oxygen atoms in total. The maximum absolute atomic E-state index is 10.6. The number of rotatable bonds is 8. The molecule has 0 aromatic carbocycles. The Bertz CT molecular complexity index is 295. The number of carboxylic acid groups (broad SMARTS) is 1. The van der Waals surface area contributed by atoms with E-state index in [-0.39, 0.29) is 0 Å².